The smallest absolute Gasteiger partial charge is 0.317 e. The van der Waals surface area contributed by atoms with Crippen molar-refractivity contribution in [1.82, 2.24) is 20.1 Å². The van der Waals surface area contributed by atoms with Gasteiger partial charge in [-0.1, -0.05) is 0 Å². The number of carbonyl (C=O) groups is 2. The molecule has 1 aromatic carbocycles. The second-order valence-corrected chi connectivity index (χ2v) is 7.16. The minimum atomic E-state index is -0.0417. The number of carbonyl (C=O) groups excluding carboxylic acids is 2. The molecule has 4 rings (SSSR count). The van der Waals surface area contributed by atoms with E-state index in [0.717, 1.165) is 23.9 Å². The average Bonchev–Trinajstić information content (AvgIpc) is 3.05. The molecule has 1 aromatic heterocycles. The summed E-state index contributed by atoms with van der Waals surface area (Å²) in [5.74, 6) is 0.0632. The molecular formula is C20H26N4O2. The molecule has 0 spiro atoms. The Bertz CT molecular complexity index is 834. The molecule has 0 radical (unpaired) electrons. The molecule has 26 heavy (non-hydrogen) atoms. The molecule has 2 aromatic rings. The van der Waals surface area contributed by atoms with Crippen molar-refractivity contribution in [1.29, 1.82) is 0 Å². The summed E-state index contributed by atoms with van der Waals surface area (Å²) < 4.78 is 0. The van der Waals surface area contributed by atoms with Crippen molar-refractivity contribution in [3.05, 3.63) is 35.0 Å². The number of hydrogen-bond donors (Lipinski definition) is 2. The van der Waals surface area contributed by atoms with Crippen LogP contribution < -0.4 is 5.32 Å². The zero-order valence-corrected chi connectivity index (χ0v) is 15.3. The van der Waals surface area contributed by atoms with Crippen LogP contribution in [0.5, 0.6) is 0 Å². The van der Waals surface area contributed by atoms with Gasteiger partial charge in [0.25, 0.3) is 5.91 Å². The van der Waals surface area contributed by atoms with E-state index in [1.807, 2.05) is 24.0 Å². The van der Waals surface area contributed by atoms with Crippen LogP contribution in [-0.4, -0.2) is 59.4 Å². The lowest BCUT2D eigenvalue weighted by Crippen LogP contribution is -2.53. The van der Waals surface area contributed by atoms with Gasteiger partial charge in [-0.2, -0.15) is 0 Å². The van der Waals surface area contributed by atoms with Crippen LogP contribution in [0.4, 0.5) is 4.79 Å². The van der Waals surface area contributed by atoms with Crippen molar-refractivity contribution in [2.24, 2.45) is 0 Å². The first-order valence-electron chi connectivity index (χ1n) is 9.63. The minimum absolute atomic E-state index is 0.0417. The van der Waals surface area contributed by atoms with E-state index >= 15 is 0 Å². The number of fused-ring (bicyclic) bond motifs is 3. The summed E-state index contributed by atoms with van der Waals surface area (Å²) in [6, 6.07) is 5.96. The molecule has 2 heterocycles. The summed E-state index contributed by atoms with van der Waals surface area (Å²) in [4.78, 5) is 32.0. The summed E-state index contributed by atoms with van der Waals surface area (Å²) in [7, 11) is 0. The number of piperazine rings is 1. The predicted octanol–water partition coefficient (Wildman–Crippen LogP) is 2.53. The molecule has 1 saturated heterocycles. The number of aryl methyl sites for hydroxylation is 2. The lowest BCUT2D eigenvalue weighted by atomic mass is 9.95. The number of benzene rings is 1. The first-order valence-corrected chi connectivity index (χ1v) is 9.63. The lowest BCUT2D eigenvalue weighted by molar-refractivity contribution is 0.0665. The predicted molar refractivity (Wildman–Crippen MR) is 101 cm³/mol. The number of nitrogens with zero attached hydrogens (tertiary/aromatic N) is 2. The maximum absolute atomic E-state index is 12.9. The van der Waals surface area contributed by atoms with E-state index in [0.29, 0.717) is 32.7 Å². The highest BCUT2D eigenvalue weighted by molar-refractivity contribution is 5.99. The Morgan fingerprint density at radius 3 is 2.58 bits per heavy atom. The van der Waals surface area contributed by atoms with Crippen molar-refractivity contribution in [3.63, 3.8) is 0 Å². The molecule has 6 nitrogen and oxygen atoms in total. The van der Waals surface area contributed by atoms with E-state index < -0.39 is 0 Å². The first-order chi connectivity index (χ1) is 12.7. The van der Waals surface area contributed by atoms with Crippen molar-refractivity contribution in [3.8, 4) is 0 Å². The van der Waals surface area contributed by atoms with E-state index in [-0.39, 0.29) is 11.9 Å². The van der Waals surface area contributed by atoms with Gasteiger partial charge in [0.2, 0.25) is 0 Å². The van der Waals surface area contributed by atoms with Gasteiger partial charge in [0.05, 0.1) is 0 Å². The molecule has 1 aliphatic carbocycles. The van der Waals surface area contributed by atoms with Crippen LogP contribution in [-0.2, 0) is 12.8 Å². The van der Waals surface area contributed by atoms with Gasteiger partial charge >= 0.3 is 6.03 Å². The minimum Gasteiger partial charge on any atom is -0.358 e. The second kappa shape index (κ2) is 7.02. The molecule has 0 bridgehead atoms. The van der Waals surface area contributed by atoms with Gasteiger partial charge in [-0.15, -0.1) is 0 Å². The number of amides is 3. The van der Waals surface area contributed by atoms with Crippen molar-refractivity contribution in [2.45, 2.75) is 32.6 Å². The molecule has 0 saturated carbocycles. The van der Waals surface area contributed by atoms with Gasteiger partial charge < -0.3 is 20.1 Å². The third kappa shape index (κ3) is 3.04. The van der Waals surface area contributed by atoms with E-state index in [2.05, 4.69) is 16.4 Å². The Morgan fingerprint density at radius 1 is 1.08 bits per heavy atom. The fraction of sp³-hybridized carbons (Fsp3) is 0.500. The largest absolute Gasteiger partial charge is 0.358 e. The van der Waals surface area contributed by atoms with Gasteiger partial charge in [-0.25, -0.2) is 4.79 Å². The summed E-state index contributed by atoms with van der Waals surface area (Å²) in [6.45, 7) is 4.86. The van der Waals surface area contributed by atoms with E-state index in [4.69, 9.17) is 0 Å². The molecule has 6 heteroatoms. The Balaban J connectivity index is 1.49. The summed E-state index contributed by atoms with van der Waals surface area (Å²) in [5.41, 5.74) is 4.61. The number of urea groups is 1. The summed E-state index contributed by atoms with van der Waals surface area (Å²) in [5, 5.41) is 4.02. The molecule has 1 aliphatic heterocycles. The summed E-state index contributed by atoms with van der Waals surface area (Å²) >= 11 is 0. The third-order valence-electron chi connectivity index (χ3n) is 5.53. The van der Waals surface area contributed by atoms with Crippen molar-refractivity contribution in [2.75, 3.05) is 32.7 Å². The Hall–Kier alpha value is -2.50. The van der Waals surface area contributed by atoms with Gasteiger partial charge in [0.15, 0.2) is 0 Å². The standard InChI is InChI=1S/C20H26N4O2/c1-2-21-20(26)24-11-9-23(10-12-24)19(25)14-7-8-18-16(13-14)15-5-3-4-6-17(15)22-18/h7-8,13,22H,2-6,9-12H2,1H3,(H,21,26). The van der Waals surface area contributed by atoms with E-state index in [1.165, 1.54) is 29.5 Å². The van der Waals surface area contributed by atoms with Gasteiger partial charge in [-0.3, -0.25) is 4.79 Å². The summed E-state index contributed by atoms with van der Waals surface area (Å²) in [6.07, 6.45) is 4.66. The van der Waals surface area contributed by atoms with Crippen LogP contribution in [0.15, 0.2) is 18.2 Å². The fourth-order valence-electron chi connectivity index (χ4n) is 4.10. The van der Waals surface area contributed by atoms with Crippen molar-refractivity contribution >= 4 is 22.8 Å². The zero-order valence-electron chi connectivity index (χ0n) is 15.3. The monoisotopic (exact) mass is 354 g/mol. The molecule has 2 N–H and O–H groups in total. The first kappa shape index (κ1) is 16.9. The quantitative estimate of drug-likeness (QED) is 0.870. The molecule has 3 amide bonds. The Labute approximate surface area is 153 Å². The van der Waals surface area contributed by atoms with Gasteiger partial charge in [0.1, 0.15) is 0 Å². The van der Waals surface area contributed by atoms with Crippen LogP contribution in [0, 0.1) is 0 Å². The second-order valence-electron chi connectivity index (χ2n) is 7.16. The number of nitrogens with one attached hydrogen (secondary N) is 2. The number of H-pyrrole nitrogens is 1. The molecule has 1 fully saturated rings. The lowest BCUT2D eigenvalue weighted by Gasteiger charge is -2.34. The average molecular weight is 354 g/mol. The van der Waals surface area contributed by atoms with Crippen LogP contribution in [0.3, 0.4) is 0 Å². The van der Waals surface area contributed by atoms with Crippen molar-refractivity contribution < 1.29 is 9.59 Å². The van der Waals surface area contributed by atoms with Gasteiger partial charge in [0, 0.05) is 54.9 Å². The normalized spacial score (nSPS) is 17.3. The molecular weight excluding hydrogens is 328 g/mol. The van der Waals surface area contributed by atoms with E-state index in [1.54, 1.807) is 4.90 Å². The third-order valence-corrected chi connectivity index (χ3v) is 5.53. The molecule has 138 valence electrons. The highest BCUT2D eigenvalue weighted by atomic mass is 16.2. The number of aromatic nitrogens is 1. The molecule has 0 unspecified atom stereocenters. The van der Waals surface area contributed by atoms with Crippen LogP contribution in [0.1, 0.15) is 41.4 Å². The maximum atomic E-state index is 12.9. The maximum Gasteiger partial charge on any atom is 0.317 e. The Morgan fingerprint density at radius 2 is 1.81 bits per heavy atom. The topological polar surface area (TPSA) is 68.4 Å². The van der Waals surface area contributed by atoms with Crippen LogP contribution >= 0.6 is 0 Å². The molecule has 2 aliphatic rings. The number of aromatic amines is 1. The number of hydrogen-bond acceptors (Lipinski definition) is 2. The highest BCUT2D eigenvalue weighted by Crippen LogP contribution is 2.30. The zero-order chi connectivity index (χ0) is 18.1. The SMILES string of the molecule is CCNC(=O)N1CCN(C(=O)c2ccc3[nH]c4c(c3c2)CCCC4)CC1. The highest BCUT2D eigenvalue weighted by Gasteiger charge is 2.25. The van der Waals surface area contributed by atoms with Gasteiger partial charge in [-0.05, 0) is 56.4 Å². The van der Waals surface area contributed by atoms with Crippen LogP contribution in [0.25, 0.3) is 10.9 Å². The van der Waals surface area contributed by atoms with E-state index in [9.17, 15) is 9.59 Å². The number of rotatable bonds is 2. The fourth-order valence-corrected chi connectivity index (χ4v) is 4.10. The Kier molecular flexibility index (Phi) is 4.57. The molecule has 0 atom stereocenters. The van der Waals surface area contributed by atoms with Crippen LogP contribution in [0.2, 0.25) is 0 Å².